The lowest BCUT2D eigenvalue weighted by Gasteiger charge is -2.24. The summed E-state index contributed by atoms with van der Waals surface area (Å²) in [5.74, 6) is -1.10. The van der Waals surface area contributed by atoms with Crippen molar-refractivity contribution in [1.29, 1.82) is 0 Å². The summed E-state index contributed by atoms with van der Waals surface area (Å²) in [4.78, 5) is 35.4. The van der Waals surface area contributed by atoms with Gasteiger partial charge in [-0.05, 0) is 30.2 Å². The molecule has 0 aliphatic heterocycles. The highest BCUT2D eigenvalue weighted by atomic mass is 16.5. The van der Waals surface area contributed by atoms with E-state index in [2.05, 4.69) is 0 Å². The minimum Gasteiger partial charge on any atom is -0.484 e. The number of rotatable bonds is 9. The number of hydrogen-bond acceptors (Lipinski definition) is 4. The Kier molecular flexibility index (Phi) is 7.05. The molecule has 0 aliphatic rings. The van der Waals surface area contributed by atoms with E-state index < -0.39 is 11.9 Å². The van der Waals surface area contributed by atoms with Gasteiger partial charge in [-0.1, -0.05) is 13.8 Å². The Morgan fingerprint density at radius 1 is 1.22 bits per heavy atom. The van der Waals surface area contributed by atoms with Crippen LogP contribution in [0.15, 0.2) is 24.3 Å². The largest absolute Gasteiger partial charge is 0.484 e. The van der Waals surface area contributed by atoms with E-state index in [1.54, 1.807) is 24.3 Å². The number of hydrogen-bond donors (Lipinski definition) is 2. The van der Waals surface area contributed by atoms with Crippen LogP contribution in [0.5, 0.6) is 5.75 Å². The summed E-state index contributed by atoms with van der Waals surface area (Å²) >= 11 is 0. The average molecular weight is 322 g/mol. The van der Waals surface area contributed by atoms with Crippen LogP contribution in [0.3, 0.4) is 0 Å². The average Bonchev–Trinajstić information content (AvgIpc) is 2.48. The van der Waals surface area contributed by atoms with E-state index in [1.807, 2.05) is 13.8 Å². The zero-order valence-corrected chi connectivity index (χ0v) is 13.3. The first kappa shape index (κ1) is 18.5. The van der Waals surface area contributed by atoms with E-state index in [0.29, 0.717) is 17.9 Å². The molecule has 0 bridgehead atoms. The molecule has 2 amide bonds. The molecule has 0 aromatic heterocycles. The molecule has 1 aromatic carbocycles. The number of primary amides is 1. The lowest BCUT2D eigenvalue weighted by atomic mass is 10.1. The van der Waals surface area contributed by atoms with Crippen molar-refractivity contribution in [1.82, 2.24) is 4.90 Å². The zero-order chi connectivity index (χ0) is 17.4. The summed E-state index contributed by atoms with van der Waals surface area (Å²) in [6.45, 7) is 4.33. The van der Waals surface area contributed by atoms with Crippen LogP contribution >= 0.6 is 0 Å². The number of carbonyl (C=O) groups is 3. The predicted molar refractivity (Wildman–Crippen MR) is 84.1 cm³/mol. The second-order valence-electron chi connectivity index (χ2n) is 5.57. The van der Waals surface area contributed by atoms with E-state index in [9.17, 15) is 14.4 Å². The van der Waals surface area contributed by atoms with Crippen LogP contribution < -0.4 is 10.5 Å². The summed E-state index contributed by atoms with van der Waals surface area (Å²) in [7, 11) is 0. The van der Waals surface area contributed by atoms with Crippen LogP contribution in [0.4, 0.5) is 0 Å². The number of nitrogens with two attached hydrogens (primary N) is 1. The van der Waals surface area contributed by atoms with Gasteiger partial charge in [-0.3, -0.25) is 14.4 Å². The second-order valence-corrected chi connectivity index (χ2v) is 5.57. The second kappa shape index (κ2) is 8.77. The molecule has 0 radical (unpaired) electrons. The number of amides is 2. The van der Waals surface area contributed by atoms with Crippen LogP contribution in [0.1, 0.15) is 30.6 Å². The van der Waals surface area contributed by atoms with Crippen molar-refractivity contribution >= 4 is 17.8 Å². The maximum absolute atomic E-state index is 12.5. The summed E-state index contributed by atoms with van der Waals surface area (Å²) in [5, 5.41) is 8.80. The molecule has 23 heavy (non-hydrogen) atoms. The lowest BCUT2D eigenvalue weighted by Crippen LogP contribution is -2.35. The van der Waals surface area contributed by atoms with Crippen molar-refractivity contribution in [2.45, 2.75) is 20.3 Å². The molecule has 1 aromatic rings. The zero-order valence-electron chi connectivity index (χ0n) is 13.3. The molecular weight excluding hydrogens is 300 g/mol. The molecule has 0 fully saturated rings. The standard InChI is InChI=1S/C16H22N2O5/c1-11(2)9-18(8-7-15(20)21)16(22)12-3-5-13(6-4-12)23-10-14(17)19/h3-6,11H,7-10H2,1-2H3,(H2,17,19)(H,20,21). The highest BCUT2D eigenvalue weighted by molar-refractivity contribution is 5.94. The van der Waals surface area contributed by atoms with Crippen LogP contribution in [0.25, 0.3) is 0 Å². The maximum Gasteiger partial charge on any atom is 0.305 e. The molecule has 0 atom stereocenters. The molecule has 3 N–H and O–H groups in total. The van der Waals surface area contributed by atoms with Gasteiger partial charge in [0.2, 0.25) is 0 Å². The van der Waals surface area contributed by atoms with Crippen LogP contribution in [0, 0.1) is 5.92 Å². The third kappa shape index (κ3) is 6.82. The quantitative estimate of drug-likeness (QED) is 0.708. The molecule has 0 saturated heterocycles. The van der Waals surface area contributed by atoms with Crippen LogP contribution in [-0.2, 0) is 9.59 Å². The molecular formula is C16H22N2O5. The maximum atomic E-state index is 12.5. The van der Waals surface area contributed by atoms with Gasteiger partial charge in [-0.25, -0.2) is 0 Å². The van der Waals surface area contributed by atoms with Gasteiger partial charge >= 0.3 is 5.97 Å². The lowest BCUT2D eigenvalue weighted by molar-refractivity contribution is -0.137. The van der Waals surface area contributed by atoms with Crippen LogP contribution in [-0.4, -0.2) is 47.5 Å². The highest BCUT2D eigenvalue weighted by Gasteiger charge is 2.18. The first-order chi connectivity index (χ1) is 10.8. The van der Waals surface area contributed by atoms with E-state index in [4.69, 9.17) is 15.6 Å². The van der Waals surface area contributed by atoms with Crippen molar-refractivity contribution in [3.8, 4) is 5.75 Å². The molecule has 0 aliphatic carbocycles. The topological polar surface area (TPSA) is 110 Å². The Labute approximate surface area is 135 Å². The molecule has 7 heteroatoms. The molecule has 126 valence electrons. The molecule has 0 heterocycles. The van der Waals surface area contributed by atoms with Crippen molar-refractivity contribution in [3.05, 3.63) is 29.8 Å². The minimum absolute atomic E-state index is 0.0989. The van der Waals surface area contributed by atoms with Gasteiger partial charge < -0.3 is 20.5 Å². The Morgan fingerprint density at radius 3 is 2.30 bits per heavy atom. The van der Waals surface area contributed by atoms with Crippen molar-refractivity contribution in [2.24, 2.45) is 11.7 Å². The number of nitrogens with zero attached hydrogens (tertiary/aromatic N) is 1. The number of carboxylic acids is 1. The van der Waals surface area contributed by atoms with Crippen molar-refractivity contribution in [2.75, 3.05) is 19.7 Å². The normalized spacial score (nSPS) is 10.4. The van der Waals surface area contributed by atoms with Gasteiger partial charge in [0, 0.05) is 18.7 Å². The van der Waals surface area contributed by atoms with Gasteiger partial charge in [-0.15, -0.1) is 0 Å². The SMILES string of the molecule is CC(C)CN(CCC(=O)O)C(=O)c1ccc(OCC(N)=O)cc1. The van der Waals surface area contributed by atoms with Crippen molar-refractivity contribution in [3.63, 3.8) is 0 Å². The van der Waals surface area contributed by atoms with Gasteiger partial charge in [-0.2, -0.15) is 0 Å². The molecule has 7 nitrogen and oxygen atoms in total. The number of carbonyl (C=O) groups excluding carboxylic acids is 2. The van der Waals surface area contributed by atoms with Crippen molar-refractivity contribution < 1.29 is 24.2 Å². The predicted octanol–water partition coefficient (Wildman–Crippen LogP) is 1.12. The summed E-state index contributed by atoms with van der Waals surface area (Å²) in [5.41, 5.74) is 5.42. The Hall–Kier alpha value is -2.57. The fourth-order valence-corrected chi connectivity index (χ4v) is 1.98. The van der Waals surface area contributed by atoms with E-state index in [-0.39, 0.29) is 31.4 Å². The highest BCUT2D eigenvalue weighted by Crippen LogP contribution is 2.15. The number of ether oxygens (including phenoxy) is 1. The van der Waals surface area contributed by atoms with Gasteiger partial charge in [0.05, 0.1) is 6.42 Å². The third-order valence-electron chi connectivity index (χ3n) is 2.95. The van der Waals surface area contributed by atoms with E-state index in [0.717, 1.165) is 0 Å². The number of aliphatic carboxylic acids is 1. The number of benzene rings is 1. The van der Waals surface area contributed by atoms with Gasteiger partial charge in [0.25, 0.3) is 11.8 Å². The smallest absolute Gasteiger partial charge is 0.305 e. The monoisotopic (exact) mass is 322 g/mol. The summed E-state index contributed by atoms with van der Waals surface area (Å²) in [6.07, 6.45) is -0.0989. The molecule has 0 unspecified atom stereocenters. The van der Waals surface area contributed by atoms with E-state index in [1.165, 1.54) is 4.90 Å². The Morgan fingerprint density at radius 2 is 1.83 bits per heavy atom. The first-order valence-electron chi connectivity index (χ1n) is 7.31. The molecule has 0 saturated carbocycles. The van der Waals surface area contributed by atoms with Gasteiger partial charge in [0.15, 0.2) is 6.61 Å². The molecule has 0 spiro atoms. The Balaban J connectivity index is 2.77. The first-order valence-corrected chi connectivity index (χ1v) is 7.31. The fraction of sp³-hybridized carbons (Fsp3) is 0.438. The van der Waals surface area contributed by atoms with Crippen LogP contribution in [0.2, 0.25) is 0 Å². The molecule has 1 rings (SSSR count). The third-order valence-corrected chi connectivity index (χ3v) is 2.95. The number of carboxylic acid groups (broad SMARTS) is 1. The van der Waals surface area contributed by atoms with Gasteiger partial charge in [0.1, 0.15) is 5.75 Å². The summed E-state index contributed by atoms with van der Waals surface area (Å²) < 4.78 is 5.13. The summed E-state index contributed by atoms with van der Waals surface area (Å²) in [6, 6.07) is 6.29. The Bertz CT molecular complexity index is 554. The minimum atomic E-state index is -0.943. The fourth-order valence-electron chi connectivity index (χ4n) is 1.98. The van der Waals surface area contributed by atoms with E-state index >= 15 is 0 Å².